The van der Waals surface area contributed by atoms with Crippen molar-refractivity contribution in [3.8, 4) is 17.2 Å². The highest BCUT2D eigenvalue weighted by Crippen LogP contribution is 2.35. The molecule has 1 fully saturated rings. The minimum absolute atomic E-state index is 0.0393. The fourth-order valence-corrected chi connectivity index (χ4v) is 2.53. The number of amides is 1. The summed E-state index contributed by atoms with van der Waals surface area (Å²) in [6.07, 6.45) is 0.734. The molecule has 0 spiro atoms. The molecule has 0 aromatic heterocycles. The number of hydrogen-bond donors (Lipinski definition) is 1. The first-order valence-corrected chi connectivity index (χ1v) is 7.19. The van der Waals surface area contributed by atoms with Crippen LogP contribution in [0.5, 0.6) is 17.2 Å². The number of benzene rings is 1. The summed E-state index contributed by atoms with van der Waals surface area (Å²) in [7, 11) is 4.58. The Bertz CT molecular complexity index is 560. The maximum absolute atomic E-state index is 12.7. The standard InChI is InChI=1S/C16H23NO5/c1-10-16(2,6-7-22-10)17-15(18)11-8-13(20-4)14(21-5)9-12(11)19-3/h8-10H,6-7H2,1-5H3,(H,17,18)/t10-,16-/m0/s1. The Morgan fingerprint density at radius 1 is 1.18 bits per heavy atom. The van der Waals surface area contributed by atoms with E-state index in [2.05, 4.69) is 5.32 Å². The van der Waals surface area contributed by atoms with Crippen LogP contribution in [0.25, 0.3) is 0 Å². The summed E-state index contributed by atoms with van der Waals surface area (Å²) < 4.78 is 21.3. The third-order valence-electron chi connectivity index (χ3n) is 4.24. The molecule has 1 heterocycles. The number of rotatable bonds is 5. The van der Waals surface area contributed by atoms with E-state index < -0.39 is 5.54 Å². The molecule has 122 valence electrons. The van der Waals surface area contributed by atoms with Crippen molar-refractivity contribution in [3.63, 3.8) is 0 Å². The highest BCUT2D eigenvalue weighted by Gasteiger charge is 2.39. The molecule has 2 rings (SSSR count). The van der Waals surface area contributed by atoms with Crippen LogP contribution in [-0.2, 0) is 4.74 Å². The smallest absolute Gasteiger partial charge is 0.255 e. The second-order valence-corrected chi connectivity index (χ2v) is 5.54. The lowest BCUT2D eigenvalue weighted by molar-refractivity contribution is 0.0725. The molecule has 0 radical (unpaired) electrons. The summed E-state index contributed by atoms with van der Waals surface area (Å²) in [6, 6.07) is 3.27. The normalized spacial score (nSPS) is 24.0. The Hall–Kier alpha value is -1.95. The summed E-state index contributed by atoms with van der Waals surface area (Å²) in [4.78, 5) is 12.7. The fraction of sp³-hybridized carbons (Fsp3) is 0.562. The maximum Gasteiger partial charge on any atom is 0.255 e. The monoisotopic (exact) mass is 309 g/mol. The molecular formula is C16H23NO5. The third-order valence-corrected chi connectivity index (χ3v) is 4.24. The first kappa shape index (κ1) is 16.4. The van der Waals surface area contributed by atoms with Gasteiger partial charge in [0.15, 0.2) is 11.5 Å². The Morgan fingerprint density at radius 3 is 2.27 bits per heavy atom. The van der Waals surface area contributed by atoms with Gasteiger partial charge in [0.25, 0.3) is 5.91 Å². The number of methoxy groups -OCH3 is 3. The predicted molar refractivity (Wildman–Crippen MR) is 82.0 cm³/mol. The van der Waals surface area contributed by atoms with Crippen LogP contribution in [0, 0.1) is 0 Å². The van der Waals surface area contributed by atoms with Crippen molar-refractivity contribution in [2.24, 2.45) is 0 Å². The molecule has 1 amide bonds. The largest absolute Gasteiger partial charge is 0.496 e. The molecule has 0 unspecified atom stereocenters. The molecule has 1 aromatic carbocycles. The van der Waals surface area contributed by atoms with Crippen molar-refractivity contribution in [1.29, 1.82) is 0 Å². The molecule has 1 aliphatic rings. The molecule has 1 aliphatic heterocycles. The van der Waals surface area contributed by atoms with E-state index in [1.54, 1.807) is 12.1 Å². The molecule has 1 saturated heterocycles. The van der Waals surface area contributed by atoms with Gasteiger partial charge in [0.1, 0.15) is 5.75 Å². The topological polar surface area (TPSA) is 66.0 Å². The van der Waals surface area contributed by atoms with Crippen molar-refractivity contribution in [1.82, 2.24) is 5.32 Å². The first-order valence-electron chi connectivity index (χ1n) is 7.19. The average Bonchev–Trinajstić information content (AvgIpc) is 2.84. The molecule has 0 bridgehead atoms. The van der Waals surface area contributed by atoms with Gasteiger partial charge in [-0.3, -0.25) is 4.79 Å². The highest BCUT2D eigenvalue weighted by molar-refractivity contribution is 5.98. The van der Waals surface area contributed by atoms with Crippen LogP contribution in [0.3, 0.4) is 0 Å². The number of carbonyl (C=O) groups excluding carboxylic acids is 1. The fourth-order valence-electron chi connectivity index (χ4n) is 2.53. The lowest BCUT2D eigenvalue weighted by Gasteiger charge is -2.29. The van der Waals surface area contributed by atoms with Crippen molar-refractivity contribution >= 4 is 5.91 Å². The number of carbonyl (C=O) groups is 1. The van der Waals surface area contributed by atoms with Gasteiger partial charge in [0.2, 0.25) is 0 Å². The van der Waals surface area contributed by atoms with Gasteiger partial charge >= 0.3 is 0 Å². The molecule has 2 atom stereocenters. The Morgan fingerprint density at radius 2 is 1.77 bits per heavy atom. The van der Waals surface area contributed by atoms with Crippen LogP contribution in [0.1, 0.15) is 30.6 Å². The summed E-state index contributed by atoms with van der Waals surface area (Å²) >= 11 is 0. The quantitative estimate of drug-likeness (QED) is 0.901. The van der Waals surface area contributed by atoms with E-state index in [-0.39, 0.29) is 12.0 Å². The number of ether oxygens (including phenoxy) is 4. The lowest BCUT2D eigenvalue weighted by atomic mass is 9.94. The van der Waals surface area contributed by atoms with E-state index in [0.717, 1.165) is 6.42 Å². The van der Waals surface area contributed by atoms with Crippen LogP contribution in [0.15, 0.2) is 12.1 Å². The Balaban J connectivity index is 2.32. The van der Waals surface area contributed by atoms with Gasteiger partial charge in [0, 0.05) is 18.7 Å². The van der Waals surface area contributed by atoms with E-state index in [1.165, 1.54) is 21.3 Å². The summed E-state index contributed by atoms with van der Waals surface area (Å²) in [5.74, 6) is 1.21. The van der Waals surface area contributed by atoms with Crippen molar-refractivity contribution in [2.45, 2.75) is 31.9 Å². The van der Waals surface area contributed by atoms with E-state index in [9.17, 15) is 4.79 Å². The Labute approximate surface area is 130 Å². The van der Waals surface area contributed by atoms with Crippen molar-refractivity contribution in [3.05, 3.63) is 17.7 Å². The molecule has 0 saturated carbocycles. The summed E-state index contributed by atoms with van der Waals surface area (Å²) in [5, 5.41) is 3.04. The van der Waals surface area contributed by atoms with E-state index in [4.69, 9.17) is 18.9 Å². The van der Waals surface area contributed by atoms with Gasteiger partial charge in [-0.05, 0) is 20.3 Å². The van der Waals surface area contributed by atoms with E-state index in [0.29, 0.717) is 29.4 Å². The van der Waals surface area contributed by atoms with Gasteiger partial charge in [0.05, 0.1) is 38.5 Å². The predicted octanol–water partition coefficient (Wildman–Crippen LogP) is 2.01. The second kappa shape index (κ2) is 6.44. The SMILES string of the molecule is COc1cc(OC)c(C(=O)N[C@@]2(C)CCO[C@H]2C)cc1OC. The minimum atomic E-state index is -0.394. The van der Waals surface area contributed by atoms with Gasteiger partial charge in [-0.2, -0.15) is 0 Å². The molecule has 1 aromatic rings. The molecule has 22 heavy (non-hydrogen) atoms. The molecule has 6 nitrogen and oxygen atoms in total. The number of nitrogens with one attached hydrogen (secondary N) is 1. The Kier molecular flexibility index (Phi) is 4.81. The molecule has 0 aliphatic carbocycles. The number of hydrogen-bond acceptors (Lipinski definition) is 5. The molecule has 1 N–H and O–H groups in total. The van der Waals surface area contributed by atoms with Crippen LogP contribution < -0.4 is 19.5 Å². The lowest BCUT2D eigenvalue weighted by Crippen LogP contribution is -2.50. The zero-order valence-corrected chi connectivity index (χ0v) is 13.7. The van der Waals surface area contributed by atoms with Crippen molar-refractivity contribution < 1.29 is 23.7 Å². The summed E-state index contributed by atoms with van der Waals surface area (Å²) in [6.45, 7) is 4.58. The van der Waals surface area contributed by atoms with E-state index >= 15 is 0 Å². The van der Waals surface area contributed by atoms with Crippen LogP contribution in [-0.4, -0.2) is 45.5 Å². The second-order valence-electron chi connectivity index (χ2n) is 5.54. The maximum atomic E-state index is 12.7. The zero-order chi connectivity index (χ0) is 16.3. The van der Waals surface area contributed by atoms with Gasteiger partial charge in [-0.1, -0.05) is 0 Å². The first-order chi connectivity index (χ1) is 10.4. The molecular weight excluding hydrogens is 286 g/mol. The average molecular weight is 309 g/mol. The van der Waals surface area contributed by atoms with E-state index in [1.807, 2.05) is 13.8 Å². The van der Waals surface area contributed by atoms with Gasteiger partial charge < -0.3 is 24.3 Å². The van der Waals surface area contributed by atoms with Crippen LogP contribution in [0.2, 0.25) is 0 Å². The minimum Gasteiger partial charge on any atom is -0.496 e. The van der Waals surface area contributed by atoms with Gasteiger partial charge in [-0.25, -0.2) is 0 Å². The highest BCUT2D eigenvalue weighted by atomic mass is 16.5. The molecule has 6 heteroatoms. The van der Waals surface area contributed by atoms with Crippen LogP contribution in [0.4, 0.5) is 0 Å². The van der Waals surface area contributed by atoms with Crippen molar-refractivity contribution in [2.75, 3.05) is 27.9 Å². The zero-order valence-electron chi connectivity index (χ0n) is 13.7. The van der Waals surface area contributed by atoms with Gasteiger partial charge in [-0.15, -0.1) is 0 Å². The van der Waals surface area contributed by atoms with Crippen LogP contribution >= 0.6 is 0 Å². The summed E-state index contributed by atoms with van der Waals surface area (Å²) in [5.41, 5.74) is 0.00962. The third kappa shape index (κ3) is 2.97.